The number of methoxy groups -OCH3 is 1. The number of aromatic hydroxyl groups is 1. The van der Waals surface area contributed by atoms with E-state index in [0.29, 0.717) is 13.0 Å². The van der Waals surface area contributed by atoms with Crippen LogP contribution in [0.25, 0.3) is 0 Å². The molecule has 1 atom stereocenters. The number of carbonyl (C=O) groups excluding carboxylic acids is 1. The van der Waals surface area contributed by atoms with Gasteiger partial charge >= 0.3 is 0 Å². The molecule has 31 heavy (non-hydrogen) atoms. The quantitative estimate of drug-likeness (QED) is 0.520. The van der Waals surface area contributed by atoms with E-state index in [1.807, 2.05) is 44.2 Å². The third kappa shape index (κ3) is 5.86. The maximum absolute atomic E-state index is 12.7. The zero-order valence-corrected chi connectivity index (χ0v) is 18.3. The monoisotopic (exact) mass is 418 g/mol. The van der Waals surface area contributed by atoms with Gasteiger partial charge in [0.15, 0.2) is 0 Å². The third-order valence-corrected chi connectivity index (χ3v) is 5.49. The molecule has 5 nitrogen and oxygen atoms in total. The SMILES string of the molecule is COc1ccc(Cc2ccccc2)cc1CNC(=O)[C@@H](N)Cc1c(C)cc(O)cc1C. The largest absolute Gasteiger partial charge is 0.508 e. The average Bonchev–Trinajstić information content (AvgIpc) is 2.75. The lowest BCUT2D eigenvalue weighted by Gasteiger charge is -2.17. The van der Waals surface area contributed by atoms with Crippen LogP contribution in [0.5, 0.6) is 11.5 Å². The van der Waals surface area contributed by atoms with Crippen LogP contribution in [0.1, 0.15) is 33.4 Å². The summed E-state index contributed by atoms with van der Waals surface area (Å²) in [5.41, 5.74) is 12.3. The van der Waals surface area contributed by atoms with Gasteiger partial charge < -0.3 is 20.9 Å². The minimum atomic E-state index is -0.680. The smallest absolute Gasteiger partial charge is 0.237 e. The molecule has 4 N–H and O–H groups in total. The van der Waals surface area contributed by atoms with Crippen molar-refractivity contribution in [3.8, 4) is 11.5 Å². The summed E-state index contributed by atoms with van der Waals surface area (Å²) in [5.74, 6) is 0.734. The van der Waals surface area contributed by atoms with Gasteiger partial charge in [0.25, 0.3) is 0 Å². The van der Waals surface area contributed by atoms with Crippen molar-refractivity contribution < 1.29 is 14.6 Å². The zero-order valence-electron chi connectivity index (χ0n) is 18.3. The topological polar surface area (TPSA) is 84.6 Å². The molecule has 162 valence electrons. The highest BCUT2D eigenvalue weighted by Gasteiger charge is 2.17. The maximum Gasteiger partial charge on any atom is 0.237 e. The summed E-state index contributed by atoms with van der Waals surface area (Å²) in [6.07, 6.45) is 1.22. The molecule has 3 aromatic carbocycles. The summed E-state index contributed by atoms with van der Waals surface area (Å²) in [6, 6.07) is 19.0. The normalized spacial score (nSPS) is 11.7. The van der Waals surface area contributed by atoms with Crippen LogP contribution in [0.4, 0.5) is 0 Å². The molecule has 0 saturated carbocycles. The second kappa shape index (κ2) is 10.1. The molecule has 0 aliphatic rings. The van der Waals surface area contributed by atoms with Gasteiger partial charge in [-0.3, -0.25) is 4.79 Å². The van der Waals surface area contributed by atoms with E-state index in [1.165, 1.54) is 5.56 Å². The Hall–Kier alpha value is -3.31. The summed E-state index contributed by atoms with van der Waals surface area (Å²) < 4.78 is 5.48. The van der Waals surface area contributed by atoms with E-state index in [1.54, 1.807) is 19.2 Å². The summed E-state index contributed by atoms with van der Waals surface area (Å²) >= 11 is 0. The molecule has 1 amide bonds. The van der Waals surface area contributed by atoms with Crippen molar-refractivity contribution in [1.82, 2.24) is 5.32 Å². The van der Waals surface area contributed by atoms with Crippen LogP contribution in [0.15, 0.2) is 60.7 Å². The number of rotatable bonds is 8. The van der Waals surface area contributed by atoms with E-state index < -0.39 is 6.04 Å². The van der Waals surface area contributed by atoms with Crippen molar-refractivity contribution >= 4 is 5.91 Å². The van der Waals surface area contributed by atoms with Crippen LogP contribution in [0, 0.1) is 13.8 Å². The molecule has 0 radical (unpaired) electrons. The van der Waals surface area contributed by atoms with E-state index in [0.717, 1.165) is 40.0 Å². The van der Waals surface area contributed by atoms with Gasteiger partial charge in [-0.05, 0) is 78.8 Å². The number of hydrogen-bond donors (Lipinski definition) is 3. The van der Waals surface area contributed by atoms with Crippen molar-refractivity contribution in [1.29, 1.82) is 0 Å². The van der Waals surface area contributed by atoms with Crippen LogP contribution in [0.2, 0.25) is 0 Å². The van der Waals surface area contributed by atoms with Crippen LogP contribution < -0.4 is 15.8 Å². The first-order chi connectivity index (χ1) is 14.9. The predicted molar refractivity (Wildman–Crippen MR) is 123 cm³/mol. The molecule has 0 unspecified atom stereocenters. The molecule has 0 aliphatic carbocycles. The fourth-order valence-electron chi connectivity index (χ4n) is 3.83. The number of carbonyl (C=O) groups is 1. The Bertz CT molecular complexity index is 1020. The minimum Gasteiger partial charge on any atom is -0.508 e. The van der Waals surface area contributed by atoms with Crippen LogP contribution >= 0.6 is 0 Å². The first-order valence-corrected chi connectivity index (χ1v) is 10.4. The van der Waals surface area contributed by atoms with E-state index in [9.17, 15) is 9.90 Å². The van der Waals surface area contributed by atoms with Gasteiger partial charge in [-0.15, -0.1) is 0 Å². The highest BCUT2D eigenvalue weighted by atomic mass is 16.5. The molecule has 0 aromatic heterocycles. The molecule has 0 aliphatic heterocycles. The Morgan fingerprint density at radius 1 is 1.03 bits per heavy atom. The van der Waals surface area contributed by atoms with Crippen LogP contribution in [0.3, 0.4) is 0 Å². The highest BCUT2D eigenvalue weighted by Crippen LogP contribution is 2.23. The number of ether oxygens (including phenoxy) is 1. The molecule has 0 spiro atoms. The lowest BCUT2D eigenvalue weighted by atomic mass is 9.96. The molecular weight excluding hydrogens is 388 g/mol. The Morgan fingerprint density at radius 2 is 1.71 bits per heavy atom. The minimum absolute atomic E-state index is 0.220. The Balaban J connectivity index is 1.66. The van der Waals surface area contributed by atoms with Gasteiger partial charge in [-0.1, -0.05) is 36.4 Å². The van der Waals surface area contributed by atoms with Gasteiger partial charge in [0.05, 0.1) is 13.2 Å². The molecular formula is C26H30N2O3. The first kappa shape index (κ1) is 22.4. The first-order valence-electron chi connectivity index (χ1n) is 10.4. The Labute approximate surface area is 183 Å². The summed E-state index contributed by atoms with van der Waals surface area (Å²) in [4.78, 5) is 12.7. The van der Waals surface area contributed by atoms with Gasteiger partial charge in [0.1, 0.15) is 11.5 Å². The molecule has 0 heterocycles. The fraction of sp³-hybridized carbons (Fsp3) is 0.269. The number of amides is 1. The fourth-order valence-corrected chi connectivity index (χ4v) is 3.83. The Kier molecular flexibility index (Phi) is 7.32. The number of phenolic OH excluding ortho intramolecular Hbond substituents is 1. The van der Waals surface area contributed by atoms with Crippen molar-refractivity contribution in [2.75, 3.05) is 7.11 Å². The molecule has 5 heteroatoms. The Morgan fingerprint density at radius 3 is 2.35 bits per heavy atom. The zero-order chi connectivity index (χ0) is 22.4. The second-order valence-corrected chi connectivity index (χ2v) is 7.90. The maximum atomic E-state index is 12.7. The molecule has 3 aromatic rings. The van der Waals surface area contributed by atoms with Crippen molar-refractivity contribution in [2.24, 2.45) is 5.73 Å². The van der Waals surface area contributed by atoms with Crippen LogP contribution in [-0.2, 0) is 24.2 Å². The van der Waals surface area contributed by atoms with Gasteiger partial charge in [-0.2, -0.15) is 0 Å². The van der Waals surface area contributed by atoms with Crippen molar-refractivity contribution in [3.63, 3.8) is 0 Å². The predicted octanol–water partition coefficient (Wildman–Crippen LogP) is 3.79. The van der Waals surface area contributed by atoms with Crippen molar-refractivity contribution in [2.45, 2.75) is 39.3 Å². The van der Waals surface area contributed by atoms with E-state index in [4.69, 9.17) is 10.5 Å². The van der Waals surface area contributed by atoms with Crippen molar-refractivity contribution in [3.05, 3.63) is 94.0 Å². The molecule has 0 bridgehead atoms. The van der Waals surface area contributed by atoms with E-state index >= 15 is 0 Å². The van der Waals surface area contributed by atoms with Crippen LogP contribution in [-0.4, -0.2) is 24.2 Å². The van der Waals surface area contributed by atoms with Gasteiger partial charge in [0.2, 0.25) is 5.91 Å². The standard InChI is InChI=1S/C26H30N2O3/c1-17-11-22(29)12-18(2)23(17)15-24(27)26(30)28-16-21-14-20(9-10-25(21)31-3)13-19-7-5-4-6-8-19/h4-12,14,24,29H,13,15-16,27H2,1-3H3,(H,28,30)/t24-/m0/s1. The summed E-state index contributed by atoms with van der Waals surface area (Å²) in [7, 11) is 1.62. The molecule has 0 fully saturated rings. The molecule has 3 rings (SSSR count). The molecule has 0 saturated heterocycles. The van der Waals surface area contributed by atoms with Gasteiger partial charge in [-0.25, -0.2) is 0 Å². The third-order valence-electron chi connectivity index (χ3n) is 5.49. The number of hydrogen-bond acceptors (Lipinski definition) is 4. The number of aryl methyl sites for hydroxylation is 2. The number of benzene rings is 3. The summed E-state index contributed by atoms with van der Waals surface area (Å²) in [5, 5.41) is 12.7. The average molecular weight is 419 g/mol. The lowest BCUT2D eigenvalue weighted by Crippen LogP contribution is -2.42. The number of nitrogens with one attached hydrogen (secondary N) is 1. The van der Waals surface area contributed by atoms with E-state index in [2.05, 4.69) is 23.5 Å². The number of nitrogens with two attached hydrogens (primary N) is 1. The highest BCUT2D eigenvalue weighted by molar-refractivity contribution is 5.82. The summed E-state index contributed by atoms with van der Waals surface area (Å²) in [6.45, 7) is 4.16. The van der Waals surface area contributed by atoms with Gasteiger partial charge in [0, 0.05) is 12.1 Å². The lowest BCUT2D eigenvalue weighted by molar-refractivity contribution is -0.122. The number of phenols is 1. The van der Waals surface area contributed by atoms with E-state index in [-0.39, 0.29) is 11.7 Å². The second-order valence-electron chi connectivity index (χ2n) is 7.90.